The minimum absolute atomic E-state index is 0.230. The summed E-state index contributed by atoms with van der Waals surface area (Å²) in [7, 11) is 0. The van der Waals surface area contributed by atoms with Crippen LogP contribution in [0.1, 0.15) is 45.2 Å². The largest absolute Gasteiger partial charge is 0.393 e. The van der Waals surface area contributed by atoms with E-state index in [-0.39, 0.29) is 11.5 Å². The van der Waals surface area contributed by atoms with Gasteiger partial charge in [0.25, 0.3) is 0 Å². The maximum atomic E-state index is 10.1. The molecule has 2 unspecified atom stereocenters. The number of rotatable bonds is 4. The van der Waals surface area contributed by atoms with E-state index in [1.54, 1.807) is 0 Å². The molecule has 0 aliphatic heterocycles. The van der Waals surface area contributed by atoms with Gasteiger partial charge in [-0.2, -0.15) is 0 Å². The molecule has 0 saturated heterocycles. The average Bonchev–Trinajstić information content (AvgIpc) is 2.20. The predicted molar refractivity (Wildman–Crippen MR) is 74.1 cm³/mol. The maximum absolute atomic E-state index is 10.1. The highest BCUT2D eigenvalue weighted by Gasteiger charge is 2.22. The Bertz CT molecular complexity index is 332. The van der Waals surface area contributed by atoms with E-state index in [1.807, 2.05) is 0 Å². The summed E-state index contributed by atoms with van der Waals surface area (Å²) < 4.78 is 0. The van der Waals surface area contributed by atoms with Crippen molar-refractivity contribution < 1.29 is 5.11 Å². The Morgan fingerprint density at radius 3 is 2.12 bits per heavy atom. The Balaban J connectivity index is 2.50. The van der Waals surface area contributed by atoms with Crippen LogP contribution in [-0.2, 0) is 6.42 Å². The zero-order valence-corrected chi connectivity index (χ0v) is 11.8. The van der Waals surface area contributed by atoms with Gasteiger partial charge in [0.05, 0.1) is 6.10 Å². The second-order valence-corrected chi connectivity index (χ2v) is 6.35. The molecule has 1 nitrogen and oxygen atoms in total. The second kappa shape index (κ2) is 5.68. The lowest BCUT2D eigenvalue weighted by Gasteiger charge is -2.29. The maximum Gasteiger partial charge on any atom is 0.0583 e. The molecule has 1 rings (SSSR count). The SMILES string of the molecule is Cc1ccc(CC(O)CC(C)C(C)(C)C)cc1. The van der Waals surface area contributed by atoms with E-state index in [0.717, 1.165) is 12.8 Å². The summed E-state index contributed by atoms with van der Waals surface area (Å²) >= 11 is 0. The molecule has 0 radical (unpaired) electrons. The monoisotopic (exact) mass is 234 g/mol. The van der Waals surface area contributed by atoms with Crippen molar-refractivity contribution in [2.75, 3.05) is 0 Å². The van der Waals surface area contributed by atoms with Crippen LogP contribution in [0.25, 0.3) is 0 Å². The van der Waals surface area contributed by atoms with Gasteiger partial charge in [0, 0.05) is 0 Å². The van der Waals surface area contributed by atoms with Gasteiger partial charge in [-0.25, -0.2) is 0 Å². The van der Waals surface area contributed by atoms with E-state index in [4.69, 9.17) is 0 Å². The molecule has 0 aliphatic rings. The third-order valence-electron chi connectivity index (χ3n) is 3.70. The first-order valence-electron chi connectivity index (χ1n) is 6.52. The quantitative estimate of drug-likeness (QED) is 0.835. The summed E-state index contributed by atoms with van der Waals surface area (Å²) in [6.07, 6.45) is 1.41. The van der Waals surface area contributed by atoms with Crippen LogP contribution in [0.15, 0.2) is 24.3 Å². The van der Waals surface area contributed by atoms with Crippen LogP contribution in [0, 0.1) is 18.3 Å². The number of aliphatic hydroxyl groups is 1. The van der Waals surface area contributed by atoms with Gasteiger partial charge in [0.1, 0.15) is 0 Å². The molecule has 1 aromatic carbocycles. The summed E-state index contributed by atoms with van der Waals surface area (Å²) in [6, 6.07) is 8.44. The van der Waals surface area contributed by atoms with E-state index in [0.29, 0.717) is 5.92 Å². The Labute approximate surface area is 106 Å². The first-order valence-corrected chi connectivity index (χ1v) is 6.52. The number of hydrogen-bond donors (Lipinski definition) is 1. The van der Waals surface area contributed by atoms with Crippen LogP contribution in [0.2, 0.25) is 0 Å². The highest BCUT2D eigenvalue weighted by molar-refractivity contribution is 5.21. The Hall–Kier alpha value is -0.820. The van der Waals surface area contributed by atoms with Crippen molar-refractivity contribution in [2.24, 2.45) is 11.3 Å². The summed E-state index contributed by atoms with van der Waals surface area (Å²) in [5, 5.41) is 10.1. The van der Waals surface area contributed by atoms with Crippen molar-refractivity contribution in [1.82, 2.24) is 0 Å². The van der Waals surface area contributed by atoms with E-state index in [1.165, 1.54) is 11.1 Å². The van der Waals surface area contributed by atoms with Crippen LogP contribution in [-0.4, -0.2) is 11.2 Å². The normalized spacial score (nSPS) is 15.6. The molecule has 2 atom stereocenters. The summed E-state index contributed by atoms with van der Waals surface area (Å²) in [6.45, 7) is 11.0. The van der Waals surface area contributed by atoms with E-state index >= 15 is 0 Å². The lowest BCUT2D eigenvalue weighted by atomic mass is 9.78. The smallest absolute Gasteiger partial charge is 0.0583 e. The molecule has 0 aliphatic carbocycles. The van der Waals surface area contributed by atoms with Crippen molar-refractivity contribution in [3.8, 4) is 0 Å². The van der Waals surface area contributed by atoms with Gasteiger partial charge in [-0.05, 0) is 36.7 Å². The van der Waals surface area contributed by atoms with Gasteiger partial charge in [0.2, 0.25) is 0 Å². The van der Waals surface area contributed by atoms with Gasteiger partial charge < -0.3 is 5.11 Å². The first kappa shape index (κ1) is 14.2. The fraction of sp³-hybridized carbons (Fsp3) is 0.625. The average molecular weight is 234 g/mol. The Morgan fingerprint density at radius 1 is 1.12 bits per heavy atom. The first-order chi connectivity index (χ1) is 7.79. The van der Waals surface area contributed by atoms with Gasteiger partial charge in [0.15, 0.2) is 0 Å². The summed E-state index contributed by atoms with van der Waals surface area (Å²) in [5.41, 5.74) is 2.77. The molecule has 0 aromatic heterocycles. The molecular formula is C16H26O. The molecule has 0 saturated carbocycles. The number of hydrogen-bond acceptors (Lipinski definition) is 1. The molecule has 0 bridgehead atoms. The molecule has 1 N–H and O–H groups in total. The minimum atomic E-state index is -0.230. The number of benzene rings is 1. The molecule has 0 heterocycles. The summed E-state index contributed by atoms with van der Waals surface area (Å²) in [5.74, 6) is 0.531. The Morgan fingerprint density at radius 2 is 1.65 bits per heavy atom. The third-order valence-corrected chi connectivity index (χ3v) is 3.70. The van der Waals surface area contributed by atoms with Crippen LogP contribution in [0.3, 0.4) is 0 Å². The fourth-order valence-electron chi connectivity index (χ4n) is 1.84. The van der Waals surface area contributed by atoms with Crippen molar-refractivity contribution >= 4 is 0 Å². The lowest BCUT2D eigenvalue weighted by molar-refractivity contribution is 0.110. The second-order valence-electron chi connectivity index (χ2n) is 6.35. The van der Waals surface area contributed by atoms with Crippen LogP contribution < -0.4 is 0 Å². The zero-order chi connectivity index (χ0) is 13.1. The number of aliphatic hydroxyl groups excluding tert-OH is 1. The van der Waals surface area contributed by atoms with Crippen molar-refractivity contribution in [1.29, 1.82) is 0 Å². The predicted octanol–water partition coefficient (Wildman–Crippen LogP) is 3.97. The van der Waals surface area contributed by atoms with Crippen LogP contribution >= 0.6 is 0 Å². The highest BCUT2D eigenvalue weighted by atomic mass is 16.3. The Kier molecular flexibility index (Phi) is 4.76. The molecule has 1 aromatic rings. The summed E-state index contributed by atoms with van der Waals surface area (Å²) in [4.78, 5) is 0. The molecular weight excluding hydrogens is 208 g/mol. The minimum Gasteiger partial charge on any atom is -0.393 e. The van der Waals surface area contributed by atoms with E-state index < -0.39 is 0 Å². The molecule has 17 heavy (non-hydrogen) atoms. The van der Waals surface area contributed by atoms with E-state index in [9.17, 15) is 5.11 Å². The van der Waals surface area contributed by atoms with Gasteiger partial charge in [-0.3, -0.25) is 0 Å². The van der Waals surface area contributed by atoms with Crippen LogP contribution in [0.4, 0.5) is 0 Å². The van der Waals surface area contributed by atoms with Crippen molar-refractivity contribution in [2.45, 2.75) is 53.6 Å². The molecule has 0 fully saturated rings. The molecule has 0 spiro atoms. The zero-order valence-electron chi connectivity index (χ0n) is 11.8. The third kappa shape index (κ3) is 4.91. The fourth-order valence-corrected chi connectivity index (χ4v) is 1.84. The van der Waals surface area contributed by atoms with Gasteiger partial charge in [-0.1, -0.05) is 57.5 Å². The van der Waals surface area contributed by atoms with Gasteiger partial charge >= 0.3 is 0 Å². The molecule has 96 valence electrons. The lowest BCUT2D eigenvalue weighted by Crippen LogP contribution is -2.24. The van der Waals surface area contributed by atoms with Crippen molar-refractivity contribution in [3.63, 3.8) is 0 Å². The highest BCUT2D eigenvalue weighted by Crippen LogP contribution is 2.29. The van der Waals surface area contributed by atoms with Crippen molar-refractivity contribution in [3.05, 3.63) is 35.4 Å². The molecule has 1 heteroatoms. The topological polar surface area (TPSA) is 20.2 Å². The standard InChI is InChI=1S/C16H26O/c1-12-6-8-14(9-7-12)11-15(17)10-13(2)16(3,4)5/h6-9,13,15,17H,10-11H2,1-5H3. The van der Waals surface area contributed by atoms with Crippen LogP contribution in [0.5, 0.6) is 0 Å². The molecule has 0 amide bonds. The number of aryl methyl sites for hydroxylation is 1. The van der Waals surface area contributed by atoms with Gasteiger partial charge in [-0.15, -0.1) is 0 Å². The van der Waals surface area contributed by atoms with E-state index in [2.05, 4.69) is 58.9 Å².